The van der Waals surface area contributed by atoms with Crippen LogP contribution >= 0.6 is 46.0 Å². The minimum atomic E-state index is -0.975. The summed E-state index contributed by atoms with van der Waals surface area (Å²) in [5.74, 6) is -0.0802. The molecule has 10 heteroatoms. The number of nitrogens with one attached hydrogen (secondary N) is 1. The maximum Gasteiger partial charge on any atom is 0.335 e. The minimum absolute atomic E-state index is 0.218. The third-order valence-corrected chi connectivity index (χ3v) is 7.45. The molecule has 4 rings (SSSR count). The quantitative estimate of drug-likeness (QED) is 0.206. The standard InChI is InChI=1S/C27H22ClIN2O5S/c1-3-35-22-12-17(11-20(29)24(22)36-14-16-7-9-18(10-8-16)26(33)34)13-23-25(32)31-27(37-23)30-21-6-4-5-19(28)15(21)2/h4-13H,3,14H2,1-2H3,(H,33,34)(H,30,31,32)/b23-13+. The zero-order valence-electron chi connectivity index (χ0n) is 19.9. The van der Waals surface area contributed by atoms with Gasteiger partial charge in [0.2, 0.25) is 0 Å². The van der Waals surface area contributed by atoms with Gasteiger partial charge in [-0.05, 0) is 107 Å². The van der Waals surface area contributed by atoms with Crippen LogP contribution in [-0.4, -0.2) is 28.8 Å². The highest BCUT2D eigenvalue weighted by Gasteiger charge is 2.24. The fourth-order valence-corrected chi connectivity index (χ4v) is 5.22. The van der Waals surface area contributed by atoms with Crippen molar-refractivity contribution < 1.29 is 24.2 Å². The van der Waals surface area contributed by atoms with E-state index in [2.05, 4.69) is 32.9 Å². The van der Waals surface area contributed by atoms with E-state index in [0.29, 0.717) is 38.9 Å². The molecule has 1 fully saturated rings. The highest BCUT2D eigenvalue weighted by atomic mass is 127. The van der Waals surface area contributed by atoms with Gasteiger partial charge in [0.1, 0.15) is 6.61 Å². The molecule has 1 heterocycles. The van der Waals surface area contributed by atoms with Crippen LogP contribution in [0.4, 0.5) is 5.69 Å². The van der Waals surface area contributed by atoms with Crippen LogP contribution in [0.1, 0.15) is 34.0 Å². The van der Waals surface area contributed by atoms with E-state index in [4.69, 9.17) is 26.2 Å². The number of ether oxygens (including phenoxy) is 2. The smallest absolute Gasteiger partial charge is 0.335 e. The first-order chi connectivity index (χ1) is 17.7. The first-order valence-electron chi connectivity index (χ1n) is 11.2. The van der Waals surface area contributed by atoms with Crippen LogP contribution in [0.5, 0.6) is 11.5 Å². The van der Waals surface area contributed by atoms with E-state index in [9.17, 15) is 9.59 Å². The van der Waals surface area contributed by atoms with E-state index in [0.717, 1.165) is 20.3 Å². The second-order valence-corrected chi connectivity index (χ2v) is 10.5. The normalized spacial score (nSPS) is 15.2. The topological polar surface area (TPSA) is 97.2 Å². The number of amidine groups is 1. The molecule has 0 radical (unpaired) electrons. The van der Waals surface area contributed by atoms with E-state index in [-0.39, 0.29) is 18.1 Å². The van der Waals surface area contributed by atoms with Gasteiger partial charge in [-0.2, -0.15) is 0 Å². The average Bonchev–Trinajstić information content (AvgIpc) is 3.20. The Morgan fingerprint density at radius 2 is 1.95 bits per heavy atom. The molecule has 0 aromatic heterocycles. The van der Waals surface area contributed by atoms with Crippen molar-refractivity contribution >= 4 is 74.8 Å². The lowest BCUT2D eigenvalue weighted by Crippen LogP contribution is -2.19. The van der Waals surface area contributed by atoms with Gasteiger partial charge in [0.05, 0.1) is 26.3 Å². The summed E-state index contributed by atoms with van der Waals surface area (Å²) < 4.78 is 12.7. The van der Waals surface area contributed by atoms with Gasteiger partial charge in [-0.3, -0.25) is 4.79 Å². The fraction of sp³-hybridized carbons (Fsp3) is 0.148. The molecule has 0 atom stereocenters. The number of rotatable bonds is 8. The van der Waals surface area contributed by atoms with Crippen molar-refractivity contribution in [1.29, 1.82) is 0 Å². The molecule has 0 spiro atoms. The predicted molar refractivity (Wildman–Crippen MR) is 155 cm³/mol. The number of hydrogen-bond donors (Lipinski definition) is 2. The van der Waals surface area contributed by atoms with Crippen LogP contribution in [0.2, 0.25) is 5.02 Å². The third-order valence-electron chi connectivity index (χ3n) is 5.33. The number of carbonyl (C=O) groups excluding carboxylic acids is 1. The van der Waals surface area contributed by atoms with Crippen LogP contribution in [0, 0.1) is 10.5 Å². The fourth-order valence-electron chi connectivity index (χ4n) is 3.43. The largest absolute Gasteiger partial charge is 0.490 e. The summed E-state index contributed by atoms with van der Waals surface area (Å²) in [6.07, 6.45) is 1.78. The number of carbonyl (C=O) groups is 2. The number of halogens is 2. The molecular weight excluding hydrogens is 627 g/mol. The minimum Gasteiger partial charge on any atom is -0.490 e. The summed E-state index contributed by atoms with van der Waals surface area (Å²) in [5.41, 5.74) is 3.37. The number of hydrogen-bond acceptors (Lipinski definition) is 6. The number of nitrogens with zero attached hydrogens (tertiary/aromatic N) is 1. The SMILES string of the molecule is CCOc1cc(/C=C2/SC(=Nc3cccc(Cl)c3C)NC2=O)cc(I)c1OCc1ccc(C(=O)O)cc1. The van der Waals surface area contributed by atoms with Crippen molar-refractivity contribution in [3.05, 3.63) is 90.3 Å². The van der Waals surface area contributed by atoms with Gasteiger partial charge in [0.25, 0.3) is 5.91 Å². The summed E-state index contributed by atoms with van der Waals surface area (Å²) in [6.45, 7) is 4.45. The van der Waals surface area contributed by atoms with E-state index < -0.39 is 5.97 Å². The Morgan fingerprint density at radius 3 is 2.65 bits per heavy atom. The molecule has 0 bridgehead atoms. The molecule has 2 N–H and O–H groups in total. The molecule has 1 aliphatic heterocycles. The molecule has 3 aromatic rings. The van der Waals surface area contributed by atoms with Gasteiger partial charge in [-0.25, -0.2) is 9.79 Å². The Morgan fingerprint density at radius 1 is 1.19 bits per heavy atom. The molecular formula is C27H22ClIN2O5S. The van der Waals surface area contributed by atoms with Gasteiger partial charge in [0, 0.05) is 5.02 Å². The monoisotopic (exact) mass is 648 g/mol. The van der Waals surface area contributed by atoms with Crippen LogP contribution in [0.15, 0.2) is 64.5 Å². The van der Waals surface area contributed by atoms with Crippen molar-refractivity contribution in [3.8, 4) is 11.5 Å². The predicted octanol–water partition coefficient (Wildman–Crippen LogP) is 6.82. The van der Waals surface area contributed by atoms with Gasteiger partial charge in [-0.1, -0.05) is 29.8 Å². The molecule has 1 saturated heterocycles. The van der Waals surface area contributed by atoms with Crippen LogP contribution in [0.25, 0.3) is 6.08 Å². The molecule has 3 aromatic carbocycles. The highest BCUT2D eigenvalue weighted by molar-refractivity contribution is 14.1. The van der Waals surface area contributed by atoms with Crippen molar-refractivity contribution in [1.82, 2.24) is 5.32 Å². The maximum absolute atomic E-state index is 12.6. The first kappa shape index (κ1) is 27.0. The highest BCUT2D eigenvalue weighted by Crippen LogP contribution is 2.37. The average molecular weight is 649 g/mol. The number of aromatic carboxylic acids is 1. The Kier molecular flexibility index (Phi) is 8.78. The van der Waals surface area contributed by atoms with Gasteiger partial charge in [0.15, 0.2) is 16.7 Å². The summed E-state index contributed by atoms with van der Waals surface area (Å²) >= 11 is 9.61. The van der Waals surface area contributed by atoms with E-state index >= 15 is 0 Å². The van der Waals surface area contributed by atoms with E-state index in [1.165, 1.54) is 11.8 Å². The third kappa shape index (κ3) is 6.65. The Bertz CT molecular complexity index is 1420. The molecule has 0 unspecified atom stereocenters. The number of carboxylic acids is 1. The number of aliphatic imine (C=N–C) groups is 1. The van der Waals surface area contributed by atoms with Crippen molar-refractivity contribution in [2.24, 2.45) is 4.99 Å². The van der Waals surface area contributed by atoms with Crippen molar-refractivity contribution in [2.45, 2.75) is 20.5 Å². The van der Waals surface area contributed by atoms with Crippen LogP contribution in [-0.2, 0) is 11.4 Å². The Labute approximate surface area is 237 Å². The Balaban J connectivity index is 1.55. The summed E-state index contributed by atoms with van der Waals surface area (Å²) in [5, 5.41) is 13.0. The molecule has 37 heavy (non-hydrogen) atoms. The second kappa shape index (κ2) is 12.0. The Hall–Kier alpha value is -3.02. The number of thioether (sulfide) groups is 1. The number of benzene rings is 3. The lowest BCUT2D eigenvalue weighted by molar-refractivity contribution is -0.115. The lowest BCUT2D eigenvalue weighted by atomic mass is 10.1. The van der Waals surface area contributed by atoms with E-state index in [1.54, 1.807) is 36.4 Å². The molecule has 0 aliphatic carbocycles. The molecule has 0 saturated carbocycles. The summed E-state index contributed by atoms with van der Waals surface area (Å²) in [7, 11) is 0. The zero-order valence-corrected chi connectivity index (χ0v) is 23.6. The molecule has 190 valence electrons. The molecule has 1 amide bonds. The van der Waals surface area contributed by atoms with E-state index in [1.807, 2.05) is 38.1 Å². The molecule has 7 nitrogen and oxygen atoms in total. The van der Waals surface area contributed by atoms with Crippen molar-refractivity contribution in [2.75, 3.05) is 6.61 Å². The molecule has 1 aliphatic rings. The van der Waals surface area contributed by atoms with Gasteiger partial charge in [-0.15, -0.1) is 0 Å². The van der Waals surface area contributed by atoms with Crippen LogP contribution < -0.4 is 14.8 Å². The van der Waals surface area contributed by atoms with Crippen LogP contribution in [0.3, 0.4) is 0 Å². The first-order valence-corrected chi connectivity index (χ1v) is 13.5. The van der Waals surface area contributed by atoms with Gasteiger partial charge < -0.3 is 19.9 Å². The van der Waals surface area contributed by atoms with Crippen molar-refractivity contribution in [3.63, 3.8) is 0 Å². The van der Waals surface area contributed by atoms with Gasteiger partial charge >= 0.3 is 5.97 Å². The number of carboxylic acid groups (broad SMARTS) is 1. The zero-order chi connectivity index (χ0) is 26.5. The lowest BCUT2D eigenvalue weighted by Gasteiger charge is -2.15. The number of amides is 1. The second-order valence-electron chi connectivity index (χ2n) is 7.92. The summed E-state index contributed by atoms with van der Waals surface area (Å²) in [6, 6.07) is 15.7. The summed E-state index contributed by atoms with van der Waals surface area (Å²) in [4.78, 5) is 28.7. The maximum atomic E-state index is 12.6.